The normalized spacial score (nSPS) is 12.6. The second-order valence-electron chi connectivity index (χ2n) is 4.74. The predicted octanol–water partition coefficient (Wildman–Crippen LogP) is 2.71. The molecule has 2 N–H and O–H groups in total. The molecule has 1 heterocycles. The zero-order valence-electron chi connectivity index (χ0n) is 11.2. The van der Waals surface area contributed by atoms with Gasteiger partial charge in [-0.15, -0.1) is 0 Å². The van der Waals surface area contributed by atoms with E-state index in [2.05, 4.69) is 17.1 Å². The van der Waals surface area contributed by atoms with Crippen molar-refractivity contribution in [1.82, 2.24) is 10.1 Å². The van der Waals surface area contributed by atoms with Gasteiger partial charge in [-0.3, -0.25) is 0 Å². The molecule has 0 aliphatic carbocycles. The Hall–Kier alpha value is -1.75. The van der Waals surface area contributed by atoms with Crippen LogP contribution >= 0.6 is 0 Å². The molecule has 0 aliphatic rings. The highest BCUT2D eigenvalue weighted by atomic mass is 19.1. The lowest BCUT2D eigenvalue weighted by Gasteiger charge is -2.07. The van der Waals surface area contributed by atoms with E-state index in [1.165, 1.54) is 12.1 Å². The van der Waals surface area contributed by atoms with Crippen LogP contribution in [0.1, 0.15) is 24.8 Å². The first-order valence-corrected chi connectivity index (χ1v) is 6.42. The molecule has 0 saturated carbocycles. The summed E-state index contributed by atoms with van der Waals surface area (Å²) in [5.74, 6) is 1.01. The summed E-state index contributed by atoms with van der Waals surface area (Å²) in [5, 5.41) is 3.90. The predicted molar refractivity (Wildman–Crippen MR) is 71.0 cm³/mol. The fourth-order valence-electron chi connectivity index (χ4n) is 1.96. The molecule has 0 bridgehead atoms. The molecule has 5 heteroatoms. The van der Waals surface area contributed by atoms with Gasteiger partial charge in [0.15, 0.2) is 0 Å². The highest BCUT2D eigenvalue weighted by Crippen LogP contribution is 2.20. The van der Waals surface area contributed by atoms with Gasteiger partial charge in [0, 0.05) is 12.0 Å². The van der Waals surface area contributed by atoms with E-state index in [4.69, 9.17) is 10.3 Å². The van der Waals surface area contributed by atoms with E-state index in [9.17, 15) is 4.39 Å². The van der Waals surface area contributed by atoms with Crippen LogP contribution in [0, 0.1) is 18.7 Å². The van der Waals surface area contributed by atoms with E-state index in [1.54, 1.807) is 0 Å². The molecule has 4 nitrogen and oxygen atoms in total. The van der Waals surface area contributed by atoms with Gasteiger partial charge in [0.05, 0.1) is 0 Å². The number of aromatic nitrogens is 2. The van der Waals surface area contributed by atoms with Crippen molar-refractivity contribution in [2.75, 3.05) is 6.54 Å². The molecule has 0 spiro atoms. The fourth-order valence-corrected chi connectivity index (χ4v) is 1.96. The van der Waals surface area contributed by atoms with Crippen molar-refractivity contribution in [1.29, 1.82) is 0 Å². The number of halogens is 1. The molecule has 1 unspecified atom stereocenters. The third-order valence-corrected chi connectivity index (χ3v) is 3.14. The van der Waals surface area contributed by atoms with Crippen LogP contribution in [0.3, 0.4) is 0 Å². The number of hydrogen-bond donors (Lipinski definition) is 1. The number of benzene rings is 1. The first-order valence-electron chi connectivity index (χ1n) is 6.42. The first kappa shape index (κ1) is 13.7. The van der Waals surface area contributed by atoms with Gasteiger partial charge in [-0.2, -0.15) is 4.98 Å². The summed E-state index contributed by atoms with van der Waals surface area (Å²) in [7, 11) is 0. The zero-order chi connectivity index (χ0) is 13.8. The second-order valence-corrected chi connectivity index (χ2v) is 4.74. The molecular formula is C14H18FN3O. The number of rotatable bonds is 5. The van der Waals surface area contributed by atoms with Crippen molar-refractivity contribution in [2.45, 2.75) is 26.7 Å². The molecular weight excluding hydrogens is 245 g/mol. The Morgan fingerprint density at radius 3 is 2.79 bits per heavy atom. The highest BCUT2D eigenvalue weighted by Gasteiger charge is 2.13. The van der Waals surface area contributed by atoms with Crippen molar-refractivity contribution in [3.63, 3.8) is 0 Å². The molecule has 0 fully saturated rings. The smallest absolute Gasteiger partial charge is 0.227 e. The summed E-state index contributed by atoms with van der Waals surface area (Å²) in [6.07, 6.45) is 1.63. The van der Waals surface area contributed by atoms with Crippen LogP contribution in [0.15, 0.2) is 22.7 Å². The van der Waals surface area contributed by atoms with Gasteiger partial charge in [-0.1, -0.05) is 18.5 Å². The molecule has 0 radical (unpaired) electrons. The van der Waals surface area contributed by atoms with Crippen LogP contribution in [0.5, 0.6) is 0 Å². The van der Waals surface area contributed by atoms with Gasteiger partial charge in [0.25, 0.3) is 0 Å². The Labute approximate surface area is 111 Å². The number of nitrogens with two attached hydrogens (primary N) is 1. The highest BCUT2D eigenvalue weighted by molar-refractivity contribution is 5.55. The van der Waals surface area contributed by atoms with E-state index >= 15 is 0 Å². The van der Waals surface area contributed by atoms with Crippen molar-refractivity contribution in [3.8, 4) is 11.4 Å². The summed E-state index contributed by atoms with van der Waals surface area (Å²) < 4.78 is 18.5. The van der Waals surface area contributed by atoms with Gasteiger partial charge in [-0.25, -0.2) is 4.39 Å². The maximum absolute atomic E-state index is 13.3. The molecule has 102 valence electrons. The number of hydrogen-bond acceptors (Lipinski definition) is 4. The fraction of sp³-hybridized carbons (Fsp3) is 0.429. The SMILES string of the molecule is CCC(CN)Cc1nc(-c2cc(C)cc(F)c2)no1. The van der Waals surface area contributed by atoms with E-state index < -0.39 is 0 Å². The minimum absolute atomic E-state index is 0.297. The van der Waals surface area contributed by atoms with E-state index in [1.807, 2.05) is 13.0 Å². The quantitative estimate of drug-likeness (QED) is 0.900. The molecule has 19 heavy (non-hydrogen) atoms. The Morgan fingerprint density at radius 2 is 2.16 bits per heavy atom. The Balaban J connectivity index is 2.20. The molecule has 1 aromatic heterocycles. The zero-order valence-corrected chi connectivity index (χ0v) is 11.2. The Kier molecular flexibility index (Phi) is 4.27. The largest absolute Gasteiger partial charge is 0.339 e. The van der Waals surface area contributed by atoms with Crippen LogP contribution in [-0.4, -0.2) is 16.7 Å². The number of aryl methyl sites for hydroxylation is 1. The van der Waals surface area contributed by atoms with Crippen LogP contribution in [-0.2, 0) is 6.42 Å². The summed E-state index contributed by atoms with van der Waals surface area (Å²) >= 11 is 0. The average Bonchev–Trinajstić information content (AvgIpc) is 2.83. The maximum Gasteiger partial charge on any atom is 0.227 e. The first-order chi connectivity index (χ1) is 9.12. The molecule has 1 aromatic carbocycles. The Morgan fingerprint density at radius 1 is 1.37 bits per heavy atom. The third-order valence-electron chi connectivity index (χ3n) is 3.14. The summed E-state index contributed by atoms with van der Waals surface area (Å²) in [4.78, 5) is 4.30. The monoisotopic (exact) mass is 263 g/mol. The third kappa shape index (κ3) is 3.38. The van der Waals surface area contributed by atoms with E-state index in [0.717, 1.165) is 12.0 Å². The van der Waals surface area contributed by atoms with Crippen molar-refractivity contribution in [3.05, 3.63) is 35.5 Å². The average molecular weight is 263 g/mol. The lowest BCUT2D eigenvalue weighted by molar-refractivity contribution is 0.350. The van der Waals surface area contributed by atoms with Crippen LogP contribution in [0.25, 0.3) is 11.4 Å². The van der Waals surface area contributed by atoms with Crippen LogP contribution in [0.4, 0.5) is 4.39 Å². The van der Waals surface area contributed by atoms with Gasteiger partial charge in [0.2, 0.25) is 11.7 Å². The lowest BCUT2D eigenvalue weighted by atomic mass is 10.0. The van der Waals surface area contributed by atoms with Crippen molar-refractivity contribution < 1.29 is 8.91 Å². The maximum atomic E-state index is 13.3. The standard InChI is InChI=1S/C14H18FN3O/c1-3-10(8-16)6-13-17-14(18-19-13)11-4-9(2)5-12(15)7-11/h4-5,7,10H,3,6,8,16H2,1-2H3. The van der Waals surface area contributed by atoms with Gasteiger partial charge >= 0.3 is 0 Å². The summed E-state index contributed by atoms with van der Waals surface area (Å²) in [6, 6.07) is 4.70. The molecule has 2 aromatic rings. The van der Waals surface area contributed by atoms with Gasteiger partial charge in [0.1, 0.15) is 5.82 Å². The van der Waals surface area contributed by atoms with Crippen LogP contribution in [0.2, 0.25) is 0 Å². The minimum atomic E-state index is -0.297. The van der Waals surface area contributed by atoms with Gasteiger partial charge < -0.3 is 10.3 Å². The topological polar surface area (TPSA) is 64.9 Å². The Bertz CT molecular complexity index is 529. The second kappa shape index (κ2) is 5.93. The van der Waals surface area contributed by atoms with E-state index in [0.29, 0.717) is 36.2 Å². The summed E-state index contributed by atoms with van der Waals surface area (Å²) in [6.45, 7) is 4.49. The minimum Gasteiger partial charge on any atom is -0.339 e. The van der Waals surface area contributed by atoms with E-state index in [-0.39, 0.29) is 5.82 Å². The molecule has 1 atom stereocenters. The summed E-state index contributed by atoms with van der Waals surface area (Å²) in [5.41, 5.74) is 7.11. The lowest BCUT2D eigenvalue weighted by Crippen LogP contribution is -2.15. The molecule has 0 aliphatic heterocycles. The van der Waals surface area contributed by atoms with Crippen molar-refractivity contribution >= 4 is 0 Å². The van der Waals surface area contributed by atoms with Gasteiger partial charge in [-0.05, 0) is 43.1 Å². The molecule has 2 rings (SSSR count). The molecule has 0 amide bonds. The van der Waals surface area contributed by atoms with Crippen LogP contribution < -0.4 is 5.73 Å². The number of nitrogens with zero attached hydrogens (tertiary/aromatic N) is 2. The molecule has 0 saturated heterocycles. The van der Waals surface area contributed by atoms with Crippen molar-refractivity contribution in [2.24, 2.45) is 11.7 Å².